The van der Waals surface area contributed by atoms with E-state index in [4.69, 9.17) is 39.5 Å². The summed E-state index contributed by atoms with van der Waals surface area (Å²) in [5, 5.41) is 4.74. The van der Waals surface area contributed by atoms with Gasteiger partial charge in [-0.3, -0.25) is 0 Å². The number of hydrogen-bond acceptors (Lipinski definition) is 2. The molecule has 0 saturated heterocycles. The van der Waals surface area contributed by atoms with Crippen LogP contribution in [0.15, 0.2) is 36.4 Å². The van der Waals surface area contributed by atoms with Crippen molar-refractivity contribution in [2.24, 2.45) is 0 Å². The minimum absolute atomic E-state index is 0.500. The van der Waals surface area contributed by atoms with Crippen molar-refractivity contribution in [3.8, 4) is 11.5 Å². The molecule has 0 atom stereocenters. The van der Waals surface area contributed by atoms with Crippen LogP contribution in [-0.2, 0) is 6.54 Å². The van der Waals surface area contributed by atoms with E-state index in [-0.39, 0.29) is 0 Å². The molecule has 5 heteroatoms. The first kappa shape index (κ1) is 14.5. The zero-order chi connectivity index (χ0) is 13.8. The largest absolute Gasteiger partial charge is 0.455 e. The molecule has 0 aliphatic carbocycles. The molecule has 0 amide bonds. The third-order valence-corrected chi connectivity index (χ3v) is 3.29. The van der Waals surface area contributed by atoms with Gasteiger partial charge in [-0.25, -0.2) is 0 Å². The van der Waals surface area contributed by atoms with Gasteiger partial charge in [-0.05, 0) is 31.3 Å². The minimum atomic E-state index is 0.500. The second-order valence-electron chi connectivity index (χ2n) is 3.96. The molecular weight excluding hydrogens is 305 g/mol. The smallest absolute Gasteiger partial charge is 0.147 e. The molecule has 0 aromatic heterocycles. The van der Waals surface area contributed by atoms with E-state index in [2.05, 4.69) is 5.32 Å². The van der Waals surface area contributed by atoms with Gasteiger partial charge in [0.2, 0.25) is 0 Å². The molecule has 0 heterocycles. The predicted octanol–water partition coefficient (Wildman–Crippen LogP) is 5.16. The third-order valence-electron chi connectivity index (χ3n) is 2.51. The van der Waals surface area contributed by atoms with Crippen LogP contribution in [0.3, 0.4) is 0 Å². The molecular formula is C14H12Cl3NO. The van der Waals surface area contributed by atoms with Crippen molar-refractivity contribution in [1.29, 1.82) is 0 Å². The maximum Gasteiger partial charge on any atom is 0.147 e. The Morgan fingerprint density at radius 2 is 1.58 bits per heavy atom. The van der Waals surface area contributed by atoms with Gasteiger partial charge in [0.15, 0.2) is 0 Å². The van der Waals surface area contributed by atoms with Crippen LogP contribution < -0.4 is 10.1 Å². The van der Waals surface area contributed by atoms with Crippen LogP contribution in [0.4, 0.5) is 0 Å². The van der Waals surface area contributed by atoms with Crippen LogP contribution in [0.2, 0.25) is 15.1 Å². The molecule has 2 aromatic carbocycles. The van der Waals surface area contributed by atoms with E-state index in [1.807, 2.05) is 19.2 Å². The van der Waals surface area contributed by atoms with Gasteiger partial charge in [0.25, 0.3) is 0 Å². The first-order valence-electron chi connectivity index (χ1n) is 5.66. The second kappa shape index (κ2) is 6.49. The fourth-order valence-corrected chi connectivity index (χ4v) is 2.11. The van der Waals surface area contributed by atoms with Gasteiger partial charge < -0.3 is 10.1 Å². The predicted molar refractivity (Wildman–Crippen MR) is 80.8 cm³/mol. The van der Waals surface area contributed by atoms with Gasteiger partial charge in [-0.2, -0.15) is 0 Å². The Bertz CT molecular complexity index is 587. The molecule has 2 rings (SSSR count). The Labute approximate surface area is 127 Å². The third kappa shape index (κ3) is 3.77. The summed E-state index contributed by atoms with van der Waals surface area (Å²) in [6, 6.07) is 10.6. The van der Waals surface area contributed by atoms with Crippen LogP contribution in [0.1, 0.15) is 5.56 Å². The molecule has 0 radical (unpaired) electrons. The Morgan fingerprint density at radius 3 is 2.26 bits per heavy atom. The van der Waals surface area contributed by atoms with Gasteiger partial charge >= 0.3 is 0 Å². The minimum Gasteiger partial charge on any atom is -0.455 e. The van der Waals surface area contributed by atoms with Crippen molar-refractivity contribution >= 4 is 34.8 Å². The Hall–Kier alpha value is -0.930. The molecule has 100 valence electrons. The van der Waals surface area contributed by atoms with Gasteiger partial charge in [-0.15, -0.1) is 0 Å². The van der Waals surface area contributed by atoms with Crippen LogP contribution in [0, 0.1) is 0 Å². The molecule has 0 aliphatic rings. The number of hydrogen-bond donors (Lipinski definition) is 1. The second-order valence-corrected chi connectivity index (χ2v) is 5.24. The summed E-state index contributed by atoms with van der Waals surface area (Å²) in [7, 11) is 1.87. The molecule has 2 aromatic rings. The van der Waals surface area contributed by atoms with Crippen LogP contribution in [0.5, 0.6) is 11.5 Å². The molecule has 19 heavy (non-hydrogen) atoms. The van der Waals surface area contributed by atoms with E-state index in [1.54, 1.807) is 24.3 Å². The summed E-state index contributed by atoms with van der Waals surface area (Å²) in [6.07, 6.45) is 0. The highest BCUT2D eigenvalue weighted by Gasteiger charge is 2.09. The fourth-order valence-electron chi connectivity index (χ4n) is 1.63. The number of benzene rings is 2. The number of halogens is 3. The van der Waals surface area contributed by atoms with E-state index in [1.165, 1.54) is 0 Å². The van der Waals surface area contributed by atoms with Crippen molar-refractivity contribution in [3.63, 3.8) is 0 Å². The molecule has 2 nitrogen and oxygen atoms in total. The highest BCUT2D eigenvalue weighted by atomic mass is 35.5. The topological polar surface area (TPSA) is 21.3 Å². The van der Waals surface area contributed by atoms with Crippen molar-refractivity contribution in [3.05, 3.63) is 57.0 Å². The number of rotatable bonds is 4. The number of nitrogens with one attached hydrogen (secondary N) is 1. The monoisotopic (exact) mass is 315 g/mol. The van der Waals surface area contributed by atoms with Gasteiger partial charge in [0.1, 0.15) is 11.5 Å². The van der Waals surface area contributed by atoms with E-state index in [9.17, 15) is 0 Å². The summed E-state index contributed by atoms with van der Waals surface area (Å²) in [4.78, 5) is 0. The maximum absolute atomic E-state index is 6.08. The Balaban J connectivity index is 2.36. The Kier molecular flexibility index (Phi) is 4.94. The lowest BCUT2D eigenvalue weighted by molar-refractivity contribution is 0.474. The molecule has 0 unspecified atom stereocenters. The number of ether oxygens (including phenoxy) is 1. The van der Waals surface area contributed by atoms with Crippen molar-refractivity contribution in [2.75, 3.05) is 7.05 Å². The lowest BCUT2D eigenvalue weighted by atomic mass is 10.2. The molecule has 0 bridgehead atoms. The standard InChI is InChI=1S/C14H12Cl3NO/c1-18-8-9-2-3-10(15)6-13(9)19-14-7-11(16)4-5-12(14)17/h2-7,18H,8H2,1H3. The summed E-state index contributed by atoms with van der Waals surface area (Å²) in [5.41, 5.74) is 0.989. The zero-order valence-corrected chi connectivity index (χ0v) is 12.5. The fraction of sp³-hybridized carbons (Fsp3) is 0.143. The lowest BCUT2D eigenvalue weighted by Gasteiger charge is -2.12. The summed E-state index contributed by atoms with van der Waals surface area (Å²) >= 11 is 18.0. The van der Waals surface area contributed by atoms with Crippen LogP contribution >= 0.6 is 34.8 Å². The highest BCUT2D eigenvalue weighted by Crippen LogP contribution is 2.34. The molecule has 0 spiro atoms. The van der Waals surface area contributed by atoms with E-state index in [0.717, 1.165) is 5.56 Å². The molecule has 0 fully saturated rings. The van der Waals surface area contributed by atoms with Crippen LogP contribution in [-0.4, -0.2) is 7.05 Å². The van der Waals surface area contributed by atoms with E-state index < -0.39 is 0 Å². The zero-order valence-electron chi connectivity index (χ0n) is 10.2. The average Bonchev–Trinajstić information content (AvgIpc) is 2.37. The molecule has 0 saturated carbocycles. The quantitative estimate of drug-likeness (QED) is 0.841. The molecule has 1 N–H and O–H groups in total. The van der Waals surface area contributed by atoms with Crippen molar-refractivity contribution < 1.29 is 4.74 Å². The van der Waals surface area contributed by atoms with E-state index >= 15 is 0 Å². The van der Waals surface area contributed by atoms with Crippen molar-refractivity contribution in [1.82, 2.24) is 5.32 Å². The summed E-state index contributed by atoms with van der Waals surface area (Å²) in [6.45, 7) is 0.671. The summed E-state index contributed by atoms with van der Waals surface area (Å²) in [5.74, 6) is 1.17. The van der Waals surface area contributed by atoms with E-state index in [0.29, 0.717) is 33.1 Å². The average molecular weight is 317 g/mol. The lowest BCUT2D eigenvalue weighted by Crippen LogP contribution is -2.06. The first-order valence-corrected chi connectivity index (χ1v) is 6.79. The van der Waals surface area contributed by atoms with Crippen molar-refractivity contribution in [2.45, 2.75) is 6.54 Å². The van der Waals surface area contributed by atoms with Crippen LogP contribution in [0.25, 0.3) is 0 Å². The normalized spacial score (nSPS) is 10.5. The maximum atomic E-state index is 6.08. The van der Waals surface area contributed by atoms with Gasteiger partial charge in [0.05, 0.1) is 5.02 Å². The Morgan fingerprint density at radius 1 is 0.947 bits per heavy atom. The van der Waals surface area contributed by atoms with Gasteiger partial charge in [-0.1, -0.05) is 40.9 Å². The summed E-state index contributed by atoms with van der Waals surface area (Å²) < 4.78 is 5.81. The SMILES string of the molecule is CNCc1ccc(Cl)cc1Oc1cc(Cl)ccc1Cl. The van der Waals surface area contributed by atoms with Gasteiger partial charge in [0, 0.05) is 28.2 Å². The highest BCUT2D eigenvalue weighted by molar-refractivity contribution is 6.34. The first-order chi connectivity index (χ1) is 9.10. The molecule has 0 aliphatic heterocycles.